The van der Waals surface area contributed by atoms with Gasteiger partial charge in [0.25, 0.3) is 21.5 Å². The van der Waals surface area contributed by atoms with E-state index in [2.05, 4.69) is 38.0 Å². The van der Waals surface area contributed by atoms with E-state index < -0.39 is 88.5 Å². The first kappa shape index (κ1) is 54.1. The summed E-state index contributed by atoms with van der Waals surface area (Å²) in [6.07, 6.45) is -1.98. The molecule has 0 aromatic heterocycles. The average Bonchev–Trinajstić information content (AvgIpc) is 3.23. The van der Waals surface area contributed by atoms with Crippen molar-refractivity contribution in [2.24, 2.45) is 11.5 Å². The predicted molar refractivity (Wildman–Crippen MR) is 242 cm³/mol. The van der Waals surface area contributed by atoms with Crippen molar-refractivity contribution in [2.45, 2.75) is 88.7 Å². The van der Waals surface area contributed by atoms with Crippen molar-refractivity contribution < 1.29 is 69.6 Å². The number of nitro groups is 2. The highest BCUT2D eigenvalue weighted by Gasteiger charge is 2.54. The number of nitro benzene ring substituents is 2. The Kier molecular flexibility index (Phi) is 19.2. The molecule has 3 aromatic carbocycles. The zero-order valence-corrected chi connectivity index (χ0v) is 40.6. The van der Waals surface area contributed by atoms with Crippen LogP contribution in [0.4, 0.5) is 11.4 Å². The zero-order valence-electron chi connectivity index (χ0n) is 37.3. The van der Waals surface area contributed by atoms with E-state index >= 15 is 0 Å². The van der Waals surface area contributed by atoms with Crippen LogP contribution in [0, 0.1) is 20.2 Å². The van der Waals surface area contributed by atoms with Gasteiger partial charge in [0.15, 0.2) is 30.9 Å². The fourth-order valence-corrected chi connectivity index (χ4v) is 8.37. The Balaban J connectivity index is 0.000000364. The molecule has 0 spiro atoms. The monoisotopic (exact) mass is 1000 g/mol. The molecule has 0 saturated carbocycles. The Morgan fingerprint density at radius 1 is 0.833 bits per heavy atom. The molecule has 25 heteroatoms. The molecule has 3 aromatic rings. The lowest BCUT2D eigenvalue weighted by atomic mass is 9.97. The van der Waals surface area contributed by atoms with Crippen molar-refractivity contribution in [1.29, 1.82) is 0 Å². The molecule has 0 aliphatic carbocycles. The number of benzene rings is 3. The molecule has 21 nitrogen and oxygen atoms in total. The normalized spacial score (nSPS) is 20.9. The first-order chi connectivity index (χ1) is 30.8. The summed E-state index contributed by atoms with van der Waals surface area (Å²) in [5, 5.41) is 21.7. The highest BCUT2D eigenvalue weighted by molar-refractivity contribution is 7.85. The molecule has 2 saturated heterocycles. The number of fused-ring (bicyclic) bond motifs is 1. The van der Waals surface area contributed by atoms with Gasteiger partial charge in [0.2, 0.25) is 11.8 Å². The molecule has 0 bridgehead atoms. The molecule has 2 amide bonds. The van der Waals surface area contributed by atoms with Crippen molar-refractivity contribution in [2.75, 3.05) is 46.4 Å². The van der Waals surface area contributed by atoms with E-state index in [0.29, 0.717) is 13.0 Å². The summed E-state index contributed by atoms with van der Waals surface area (Å²) >= 11 is 12.0. The van der Waals surface area contributed by atoms with Gasteiger partial charge in [-0.2, -0.15) is 8.42 Å². The van der Waals surface area contributed by atoms with Gasteiger partial charge >= 0.3 is 0 Å². The molecule has 2 fully saturated rings. The second kappa shape index (κ2) is 23.5. The minimum Gasteiger partial charge on any atom is -0.492 e. The van der Waals surface area contributed by atoms with Gasteiger partial charge in [-0.15, -0.1) is 0 Å². The number of hydrogen-bond acceptors (Lipinski definition) is 17. The number of rotatable bonds is 20. The minimum atomic E-state index is -3.55. The summed E-state index contributed by atoms with van der Waals surface area (Å²) in [5.74, 6) is -1.82. The van der Waals surface area contributed by atoms with Gasteiger partial charge in [-0.3, -0.25) is 34.0 Å². The van der Waals surface area contributed by atoms with Crippen LogP contribution in [0.2, 0.25) is 28.2 Å². The van der Waals surface area contributed by atoms with Gasteiger partial charge in [-0.1, -0.05) is 74.3 Å². The quantitative estimate of drug-likeness (QED) is 0.0403. The Morgan fingerprint density at radius 2 is 1.35 bits per heavy atom. The highest BCUT2D eigenvalue weighted by atomic mass is 35.5. The molecule has 2 heterocycles. The van der Waals surface area contributed by atoms with E-state index in [1.165, 1.54) is 12.1 Å². The number of carbonyl (C=O) groups excluding carboxylic acids is 2. The smallest absolute Gasteiger partial charge is 0.292 e. The molecule has 0 radical (unpaired) electrons. The number of primary amides is 2. The third-order valence-corrected chi connectivity index (χ3v) is 16.4. The van der Waals surface area contributed by atoms with Crippen molar-refractivity contribution in [3.05, 3.63) is 102 Å². The first-order valence-corrected chi connectivity index (χ1v) is 25.8. The summed E-state index contributed by atoms with van der Waals surface area (Å²) in [6.45, 7) is 11.3. The van der Waals surface area contributed by atoms with Gasteiger partial charge in [0, 0.05) is 48.8 Å². The van der Waals surface area contributed by atoms with Gasteiger partial charge in [-0.05, 0) is 30.3 Å². The molecule has 4 N–H and O–H groups in total. The summed E-state index contributed by atoms with van der Waals surface area (Å²) in [6, 6.07) is 14.1. The topological polar surface area (TPSA) is 290 Å². The average molecular weight is 1010 g/mol. The van der Waals surface area contributed by atoms with Crippen molar-refractivity contribution in [1.82, 2.24) is 0 Å². The fraction of sp³-hybridized carbons (Fsp3) is 0.512. The molecule has 2 aliphatic rings. The number of nitrogens with zero attached hydrogens (tertiary/aromatic N) is 2. The van der Waals surface area contributed by atoms with Gasteiger partial charge < -0.3 is 49.1 Å². The van der Waals surface area contributed by atoms with Crippen LogP contribution in [0.25, 0.3) is 0 Å². The lowest BCUT2D eigenvalue weighted by Crippen LogP contribution is -2.66. The number of nitrogens with two attached hydrogens (primary N) is 2. The van der Waals surface area contributed by atoms with Crippen molar-refractivity contribution >= 4 is 64.8 Å². The maximum atomic E-state index is 11.7. The summed E-state index contributed by atoms with van der Waals surface area (Å²) in [4.78, 5) is 43.6. The van der Waals surface area contributed by atoms with Crippen LogP contribution in [0.15, 0.2) is 54.6 Å². The molecular weight excluding hydrogens is 952 g/mol. The molecular formula is C41H54Cl2N4O17SSi. The maximum Gasteiger partial charge on any atom is 0.292 e. The number of amides is 2. The SMILES string of the molecule is CO[C@H]1O[C@@H]2COC(c3ccccc3)O[C@H]2[C@H](O[Si](C)(C)C(C)(C)C)[C@H]1OCCCOc1cc(C(N)=O)cc([N+](=O)[O-])c1Cl.CS(=O)(=O)OCCCOc1cc(C(N)=O)cc([N+](=O)[O-])c1Cl. The third kappa shape index (κ3) is 14.7. The summed E-state index contributed by atoms with van der Waals surface area (Å²) < 4.78 is 74.8. The van der Waals surface area contributed by atoms with Crippen LogP contribution in [0.1, 0.15) is 66.2 Å². The highest BCUT2D eigenvalue weighted by Crippen LogP contribution is 2.43. The van der Waals surface area contributed by atoms with E-state index in [0.717, 1.165) is 24.0 Å². The Labute approximate surface area is 392 Å². The van der Waals surface area contributed by atoms with Gasteiger partial charge in [0.1, 0.15) is 35.9 Å². The molecule has 5 rings (SSSR count). The van der Waals surface area contributed by atoms with Crippen LogP contribution in [-0.2, 0) is 42.4 Å². The molecule has 1 unspecified atom stereocenters. The molecule has 66 heavy (non-hydrogen) atoms. The Morgan fingerprint density at radius 3 is 1.80 bits per heavy atom. The zero-order chi connectivity index (χ0) is 49.1. The van der Waals surface area contributed by atoms with E-state index in [9.17, 15) is 38.2 Å². The van der Waals surface area contributed by atoms with E-state index in [-0.39, 0.29) is 70.6 Å². The fourth-order valence-electron chi connectivity index (χ4n) is 6.18. The van der Waals surface area contributed by atoms with E-state index in [1.54, 1.807) is 7.11 Å². The number of hydrogen-bond donors (Lipinski definition) is 2. The first-order valence-electron chi connectivity index (χ1n) is 20.3. The van der Waals surface area contributed by atoms with Crippen LogP contribution in [0.5, 0.6) is 11.5 Å². The van der Waals surface area contributed by atoms with Crippen LogP contribution >= 0.6 is 23.2 Å². The van der Waals surface area contributed by atoms with Crippen molar-refractivity contribution in [3.63, 3.8) is 0 Å². The Bertz CT molecular complexity index is 2310. The van der Waals surface area contributed by atoms with Crippen LogP contribution in [-0.4, -0.2) is 116 Å². The van der Waals surface area contributed by atoms with Crippen LogP contribution in [0.3, 0.4) is 0 Å². The summed E-state index contributed by atoms with van der Waals surface area (Å²) in [7, 11) is -4.33. The molecule has 2 aliphatic heterocycles. The molecule has 364 valence electrons. The lowest BCUT2D eigenvalue weighted by molar-refractivity contribution is -0.384. The van der Waals surface area contributed by atoms with E-state index in [4.69, 9.17) is 72.3 Å². The second-order valence-corrected chi connectivity index (χ2v) is 23.6. The van der Waals surface area contributed by atoms with Gasteiger partial charge in [-0.25, -0.2) is 0 Å². The number of ether oxygens (including phenoxy) is 7. The maximum absolute atomic E-state index is 11.7. The summed E-state index contributed by atoms with van der Waals surface area (Å²) in [5.41, 5.74) is 10.1. The number of methoxy groups -OCH3 is 1. The van der Waals surface area contributed by atoms with Crippen LogP contribution < -0.4 is 20.9 Å². The van der Waals surface area contributed by atoms with Crippen molar-refractivity contribution in [3.8, 4) is 11.5 Å². The lowest BCUT2D eigenvalue weighted by Gasteiger charge is -2.51. The third-order valence-electron chi connectivity index (χ3n) is 10.5. The minimum absolute atomic E-state index is 0.0185. The predicted octanol–water partition coefficient (Wildman–Crippen LogP) is 6.47. The standard InChI is InChI=1S/C30H41ClN2O10Si.C11H13ClN2O7S/c1-30(2,3)44(5,6)43-25-24-22(17-40-28(42-24)18-11-8-7-9-12-18)41-29(37-4)26(25)39-14-10-13-38-21-16-19(27(32)34)15-20(23(21)31)33(35)36;1-22(18,19)21-4-2-3-20-9-6-7(11(13)15)5-8(10(9)12)14(16)17/h7-9,11-12,15-16,22,24-26,28-29H,10,13-14,17H2,1-6H3,(H2,32,34);5-6H,2-4H2,1H3,(H2,13,15)/t22-,24-,25+,26-,28?,29+;/m1./s1. The number of carbonyl (C=O) groups is 2. The number of halogens is 2. The molecule has 6 atom stereocenters. The Hall–Kier alpha value is -4.53. The van der Waals surface area contributed by atoms with Gasteiger partial charge in [0.05, 0.1) is 49.1 Å². The largest absolute Gasteiger partial charge is 0.492 e. The van der Waals surface area contributed by atoms with E-state index in [1.807, 2.05) is 30.3 Å². The second-order valence-electron chi connectivity index (χ2n) is 16.4.